The van der Waals surface area contributed by atoms with E-state index in [-0.39, 0.29) is 6.10 Å². The molecule has 1 fully saturated rings. The molecule has 4 heteroatoms. The topological polar surface area (TPSA) is 47.7 Å². The van der Waals surface area contributed by atoms with Gasteiger partial charge >= 0.3 is 0 Å². The highest BCUT2D eigenvalue weighted by Crippen LogP contribution is 2.22. The zero-order chi connectivity index (χ0) is 14.4. The first kappa shape index (κ1) is 15.0. The van der Waals surface area contributed by atoms with Crippen LogP contribution in [0.25, 0.3) is 0 Å². The molecule has 1 aromatic carbocycles. The fourth-order valence-electron chi connectivity index (χ4n) is 2.57. The molecule has 1 aromatic rings. The van der Waals surface area contributed by atoms with E-state index in [0.29, 0.717) is 6.54 Å². The maximum absolute atomic E-state index is 5.68. The number of benzene rings is 1. The highest BCUT2D eigenvalue weighted by molar-refractivity contribution is 5.38. The minimum absolute atomic E-state index is 0.162. The van der Waals surface area contributed by atoms with Crippen molar-refractivity contribution >= 4 is 0 Å². The number of nitrogens with zero attached hydrogens (tertiary/aromatic N) is 1. The van der Waals surface area contributed by atoms with Gasteiger partial charge in [-0.3, -0.25) is 4.90 Å². The van der Waals surface area contributed by atoms with E-state index in [2.05, 4.69) is 23.6 Å². The lowest BCUT2D eigenvalue weighted by Crippen LogP contribution is -2.45. The summed E-state index contributed by atoms with van der Waals surface area (Å²) >= 11 is 0. The molecule has 0 unspecified atom stereocenters. The van der Waals surface area contributed by atoms with E-state index in [1.165, 1.54) is 11.1 Å². The molecule has 110 valence electrons. The second kappa shape index (κ2) is 7.43. The average Bonchev–Trinajstić information content (AvgIpc) is 2.48. The first-order valence-electron chi connectivity index (χ1n) is 7.07. The summed E-state index contributed by atoms with van der Waals surface area (Å²) in [6.45, 7) is 7.93. The molecule has 0 aliphatic carbocycles. The number of morpholine rings is 1. The van der Waals surface area contributed by atoms with Crippen molar-refractivity contribution in [3.63, 3.8) is 0 Å². The molecular formula is C16H24N2O2. The number of nitrogens with two attached hydrogens (primary N) is 1. The fraction of sp³-hybridized carbons (Fsp3) is 0.500. The van der Waals surface area contributed by atoms with Gasteiger partial charge in [0.15, 0.2) is 0 Å². The second-order valence-corrected chi connectivity index (χ2v) is 5.10. The molecule has 0 aromatic heterocycles. The van der Waals surface area contributed by atoms with Crippen LogP contribution in [0.15, 0.2) is 30.9 Å². The monoisotopic (exact) mass is 276 g/mol. The predicted molar refractivity (Wildman–Crippen MR) is 81.0 cm³/mol. The summed E-state index contributed by atoms with van der Waals surface area (Å²) in [6.07, 6.45) is 2.89. The molecule has 0 bridgehead atoms. The van der Waals surface area contributed by atoms with Gasteiger partial charge in [-0.15, -0.1) is 6.58 Å². The van der Waals surface area contributed by atoms with Crippen molar-refractivity contribution in [1.82, 2.24) is 4.90 Å². The summed E-state index contributed by atoms with van der Waals surface area (Å²) in [5, 5.41) is 0. The van der Waals surface area contributed by atoms with Gasteiger partial charge in [0.1, 0.15) is 5.75 Å². The molecule has 1 heterocycles. The first-order chi connectivity index (χ1) is 9.76. The Kier molecular flexibility index (Phi) is 5.59. The Hall–Kier alpha value is -1.36. The van der Waals surface area contributed by atoms with E-state index in [1.807, 2.05) is 12.1 Å². The quantitative estimate of drug-likeness (QED) is 0.802. The third kappa shape index (κ3) is 3.82. The fourth-order valence-corrected chi connectivity index (χ4v) is 2.57. The van der Waals surface area contributed by atoms with Crippen LogP contribution in [0.4, 0.5) is 0 Å². The number of hydrogen-bond acceptors (Lipinski definition) is 4. The molecule has 2 N–H and O–H groups in total. The third-order valence-corrected chi connectivity index (χ3v) is 3.60. The number of allylic oxidation sites excluding steroid dienone is 1. The molecular weight excluding hydrogens is 252 g/mol. The molecule has 2 rings (SSSR count). The molecule has 0 amide bonds. The van der Waals surface area contributed by atoms with Gasteiger partial charge in [-0.2, -0.15) is 0 Å². The van der Waals surface area contributed by atoms with Gasteiger partial charge in [0.2, 0.25) is 0 Å². The van der Waals surface area contributed by atoms with Crippen molar-refractivity contribution in [3.05, 3.63) is 42.0 Å². The average molecular weight is 276 g/mol. The van der Waals surface area contributed by atoms with Crippen LogP contribution >= 0.6 is 0 Å². The Bertz CT molecular complexity index is 448. The van der Waals surface area contributed by atoms with Crippen LogP contribution in [0.1, 0.15) is 11.1 Å². The molecule has 4 nitrogen and oxygen atoms in total. The predicted octanol–water partition coefficient (Wildman–Crippen LogP) is 1.58. The molecule has 1 atom stereocenters. The maximum atomic E-state index is 5.68. The number of methoxy groups -OCH3 is 1. The Morgan fingerprint density at radius 3 is 3.10 bits per heavy atom. The Morgan fingerprint density at radius 1 is 1.55 bits per heavy atom. The highest BCUT2D eigenvalue weighted by Gasteiger charge is 2.19. The summed E-state index contributed by atoms with van der Waals surface area (Å²) in [6, 6.07) is 6.36. The first-order valence-corrected chi connectivity index (χ1v) is 7.07. The molecule has 1 aliphatic heterocycles. The zero-order valence-corrected chi connectivity index (χ0v) is 12.2. The summed E-state index contributed by atoms with van der Waals surface area (Å²) in [5.74, 6) is 0.926. The lowest BCUT2D eigenvalue weighted by atomic mass is 10.1. The van der Waals surface area contributed by atoms with Gasteiger partial charge in [-0.1, -0.05) is 18.2 Å². The van der Waals surface area contributed by atoms with Crippen molar-refractivity contribution in [3.8, 4) is 5.75 Å². The van der Waals surface area contributed by atoms with Crippen LogP contribution < -0.4 is 10.5 Å². The van der Waals surface area contributed by atoms with Gasteiger partial charge in [-0.05, 0) is 23.6 Å². The van der Waals surface area contributed by atoms with Gasteiger partial charge in [0.25, 0.3) is 0 Å². The van der Waals surface area contributed by atoms with Gasteiger partial charge in [0, 0.05) is 26.2 Å². The van der Waals surface area contributed by atoms with E-state index < -0.39 is 0 Å². The molecule has 0 saturated carbocycles. The van der Waals surface area contributed by atoms with Crippen molar-refractivity contribution in [1.29, 1.82) is 0 Å². The highest BCUT2D eigenvalue weighted by atomic mass is 16.5. The smallest absolute Gasteiger partial charge is 0.122 e. The molecule has 0 spiro atoms. The van der Waals surface area contributed by atoms with Crippen molar-refractivity contribution in [2.75, 3.05) is 33.4 Å². The van der Waals surface area contributed by atoms with Crippen LogP contribution in [0.5, 0.6) is 5.75 Å². The largest absolute Gasteiger partial charge is 0.496 e. The molecule has 1 aliphatic rings. The number of hydrogen-bond donors (Lipinski definition) is 1. The molecule has 0 radical (unpaired) electrons. The Balaban J connectivity index is 2.05. The number of rotatable bonds is 6. The molecule has 20 heavy (non-hydrogen) atoms. The second-order valence-electron chi connectivity index (χ2n) is 5.10. The van der Waals surface area contributed by atoms with E-state index in [4.69, 9.17) is 15.2 Å². The van der Waals surface area contributed by atoms with E-state index >= 15 is 0 Å². The summed E-state index contributed by atoms with van der Waals surface area (Å²) < 4.78 is 11.0. The van der Waals surface area contributed by atoms with Crippen LogP contribution in [0.3, 0.4) is 0 Å². The van der Waals surface area contributed by atoms with Crippen molar-refractivity contribution < 1.29 is 9.47 Å². The lowest BCUT2D eigenvalue weighted by Gasteiger charge is -2.32. The van der Waals surface area contributed by atoms with Gasteiger partial charge in [-0.25, -0.2) is 0 Å². The SMILES string of the molecule is C=CCc1cc(CN2CCO[C@@H](CN)C2)ccc1OC. The normalized spacial score (nSPS) is 19.8. The van der Waals surface area contributed by atoms with Crippen molar-refractivity contribution in [2.24, 2.45) is 5.73 Å². The Morgan fingerprint density at radius 2 is 2.40 bits per heavy atom. The molecule has 1 saturated heterocycles. The zero-order valence-electron chi connectivity index (χ0n) is 12.2. The summed E-state index contributed by atoms with van der Waals surface area (Å²) in [7, 11) is 1.70. The standard InChI is InChI=1S/C16H24N2O2/c1-3-4-14-9-13(5-6-16(14)19-2)11-18-7-8-20-15(10-17)12-18/h3,5-6,9,15H,1,4,7-8,10-12,17H2,2H3/t15-/m0/s1. The summed E-state index contributed by atoms with van der Waals surface area (Å²) in [4.78, 5) is 2.39. The van der Waals surface area contributed by atoms with Gasteiger partial charge < -0.3 is 15.2 Å². The van der Waals surface area contributed by atoms with Crippen LogP contribution in [0.2, 0.25) is 0 Å². The Labute approximate surface area is 121 Å². The van der Waals surface area contributed by atoms with E-state index in [9.17, 15) is 0 Å². The van der Waals surface area contributed by atoms with Crippen LogP contribution in [0, 0.1) is 0 Å². The van der Waals surface area contributed by atoms with Crippen molar-refractivity contribution in [2.45, 2.75) is 19.1 Å². The maximum Gasteiger partial charge on any atom is 0.122 e. The summed E-state index contributed by atoms with van der Waals surface area (Å²) in [5.41, 5.74) is 8.16. The van der Waals surface area contributed by atoms with Crippen LogP contribution in [-0.4, -0.2) is 44.4 Å². The van der Waals surface area contributed by atoms with Crippen LogP contribution in [-0.2, 0) is 17.7 Å². The number of ether oxygens (including phenoxy) is 2. The lowest BCUT2D eigenvalue weighted by molar-refractivity contribution is -0.0260. The minimum atomic E-state index is 0.162. The van der Waals surface area contributed by atoms with E-state index in [0.717, 1.165) is 38.4 Å². The third-order valence-electron chi connectivity index (χ3n) is 3.60. The van der Waals surface area contributed by atoms with E-state index in [1.54, 1.807) is 7.11 Å². The minimum Gasteiger partial charge on any atom is -0.496 e. The van der Waals surface area contributed by atoms with Gasteiger partial charge in [0.05, 0.1) is 19.8 Å².